The SMILES string of the molecule is CN=C(NCC(OC)c1ccc(F)cc1)NC1CCN(c2cccs2)CC1.I. The Balaban J connectivity index is 0.00000280. The molecule has 1 aliphatic rings. The van der Waals surface area contributed by atoms with E-state index in [4.69, 9.17) is 4.74 Å². The highest BCUT2D eigenvalue weighted by atomic mass is 127. The Kier molecular flexibility index (Phi) is 9.46. The van der Waals surface area contributed by atoms with Crippen LogP contribution in [0.5, 0.6) is 0 Å². The van der Waals surface area contributed by atoms with E-state index in [1.54, 1.807) is 37.6 Å². The molecule has 5 nitrogen and oxygen atoms in total. The van der Waals surface area contributed by atoms with Crippen LogP contribution in [-0.2, 0) is 4.74 Å². The number of piperidine rings is 1. The molecule has 2 heterocycles. The van der Waals surface area contributed by atoms with E-state index in [2.05, 4.69) is 38.0 Å². The number of anilines is 1. The summed E-state index contributed by atoms with van der Waals surface area (Å²) in [6, 6.07) is 11.1. The summed E-state index contributed by atoms with van der Waals surface area (Å²) in [4.78, 5) is 6.77. The molecule has 1 aromatic carbocycles. The zero-order chi connectivity index (χ0) is 19.1. The van der Waals surface area contributed by atoms with E-state index in [1.807, 2.05) is 0 Å². The van der Waals surface area contributed by atoms with Gasteiger partial charge in [0.2, 0.25) is 0 Å². The zero-order valence-electron chi connectivity index (χ0n) is 16.2. The van der Waals surface area contributed by atoms with Gasteiger partial charge in [-0.05, 0) is 48.1 Å². The number of nitrogens with one attached hydrogen (secondary N) is 2. The summed E-state index contributed by atoms with van der Waals surface area (Å²) in [6.07, 6.45) is 1.99. The molecular weight excluding hydrogens is 490 g/mol. The van der Waals surface area contributed by atoms with Crippen LogP contribution in [0.25, 0.3) is 0 Å². The molecule has 1 aliphatic heterocycles. The fourth-order valence-corrected chi connectivity index (χ4v) is 4.07. The molecule has 1 aromatic heterocycles. The topological polar surface area (TPSA) is 48.9 Å². The maximum atomic E-state index is 13.1. The predicted molar refractivity (Wildman–Crippen MR) is 126 cm³/mol. The lowest BCUT2D eigenvalue weighted by molar-refractivity contribution is 0.106. The van der Waals surface area contributed by atoms with Crippen LogP contribution in [0.1, 0.15) is 24.5 Å². The maximum absolute atomic E-state index is 13.1. The van der Waals surface area contributed by atoms with Crippen molar-refractivity contribution in [1.82, 2.24) is 10.6 Å². The molecule has 2 N–H and O–H groups in total. The first kappa shape index (κ1) is 22.9. The Labute approximate surface area is 187 Å². The summed E-state index contributed by atoms with van der Waals surface area (Å²) in [7, 11) is 3.43. The van der Waals surface area contributed by atoms with E-state index in [9.17, 15) is 4.39 Å². The number of methoxy groups -OCH3 is 1. The highest BCUT2D eigenvalue weighted by Crippen LogP contribution is 2.24. The Morgan fingerprint density at radius 1 is 1.29 bits per heavy atom. The zero-order valence-corrected chi connectivity index (χ0v) is 19.4. The molecule has 0 bridgehead atoms. The summed E-state index contributed by atoms with van der Waals surface area (Å²) in [5, 5.41) is 10.3. The molecule has 1 fully saturated rings. The smallest absolute Gasteiger partial charge is 0.191 e. The number of ether oxygens (including phenoxy) is 1. The Hall–Kier alpha value is -1.39. The molecule has 1 saturated heterocycles. The highest BCUT2D eigenvalue weighted by molar-refractivity contribution is 14.0. The lowest BCUT2D eigenvalue weighted by atomic mass is 10.1. The van der Waals surface area contributed by atoms with Crippen LogP contribution >= 0.6 is 35.3 Å². The summed E-state index contributed by atoms with van der Waals surface area (Å²) < 4.78 is 18.7. The largest absolute Gasteiger partial charge is 0.375 e. The minimum Gasteiger partial charge on any atom is -0.375 e. The van der Waals surface area contributed by atoms with E-state index in [0.717, 1.165) is 37.5 Å². The van der Waals surface area contributed by atoms with Crippen LogP contribution in [-0.4, -0.2) is 45.8 Å². The average Bonchev–Trinajstić information content (AvgIpc) is 3.24. The van der Waals surface area contributed by atoms with Gasteiger partial charge in [-0.25, -0.2) is 4.39 Å². The Morgan fingerprint density at radius 2 is 2.00 bits per heavy atom. The average molecular weight is 518 g/mol. The number of guanidine groups is 1. The summed E-state index contributed by atoms with van der Waals surface area (Å²) in [6.45, 7) is 2.66. The molecule has 1 atom stereocenters. The van der Waals surface area contributed by atoms with E-state index in [-0.39, 0.29) is 35.9 Å². The second-order valence-corrected chi connectivity index (χ2v) is 7.51. The van der Waals surface area contributed by atoms with E-state index >= 15 is 0 Å². The van der Waals surface area contributed by atoms with Gasteiger partial charge in [0, 0.05) is 39.8 Å². The van der Waals surface area contributed by atoms with Crippen molar-refractivity contribution >= 4 is 46.3 Å². The van der Waals surface area contributed by atoms with Crippen molar-refractivity contribution in [3.63, 3.8) is 0 Å². The molecule has 0 radical (unpaired) electrons. The van der Waals surface area contributed by atoms with E-state index in [0.29, 0.717) is 12.6 Å². The van der Waals surface area contributed by atoms with Gasteiger partial charge in [-0.15, -0.1) is 35.3 Å². The van der Waals surface area contributed by atoms with Crippen molar-refractivity contribution in [2.24, 2.45) is 4.99 Å². The van der Waals surface area contributed by atoms with Gasteiger partial charge in [0.15, 0.2) is 5.96 Å². The molecule has 2 aromatic rings. The number of benzene rings is 1. The second-order valence-electron chi connectivity index (χ2n) is 6.59. The fraction of sp³-hybridized carbons (Fsp3) is 0.450. The molecule has 8 heteroatoms. The third-order valence-electron chi connectivity index (χ3n) is 4.86. The predicted octanol–water partition coefficient (Wildman–Crippen LogP) is 4.03. The lowest BCUT2D eigenvalue weighted by Gasteiger charge is -2.33. The van der Waals surface area contributed by atoms with Crippen LogP contribution in [0.15, 0.2) is 46.8 Å². The van der Waals surface area contributed by atoms with Gasteiger partial charge in [0.1, 0.15) is 5.82 Å². The third-order valence-corrected chi connectivity index (χ3v) is 5.79. The molecule has 0 saturated carbocycles. The lowest BCUT2D eigenvalue weighted by Crippen LogP contribution is -2.49. The van der Waals surface area contributed by atoms with Gasteiger partial charge in [-0.2, -0.15) is 0 Å². The maximum Gasteiger partial charge on any atom is 0.191 e. The van der Waals surface area contributed by atoms with Crippen LogP contribution in [0, 0.1) is 5.82 Å². The standard InChI is InChI=1S/C20H27FN4OS.HI/c1-22-20(23-14-18(26-2)15-5-7-16(21)8-6-15)24-17-9-11-25(12-10-17)19-4-3-13-27-19;/h3-8,13,17-18H,9-12,14H2,1-2H3,(H2,22,23,24);1H. The van der Waals surface area contributed by atoms with Crippen LogP contribution in [0.4, 0.5) is 9.39 Å². The number of halogens is 2. The number of thiophene rings is 1. The van der Waals surface area contributed by atoms with Gasteiger partial charge in [-0.3, -0.25) is 4.99 Å². The number of aliphatic imine (C=N–C) groups is 1. The van der Waals surface area contributed by atoms with Gasteiger partial charge in [-0.1, -0.05) is 12.1 Å². The molecule has 154 valence electrons. The van der Waals surface area contributed by atoms with Gasteiger partial charge < -0.3 is 20.3 Å². The first-order chi connectivity index (χ1) is 13.2. The molecule has 0 aliphatic carbocycles. The van der Waals surface area contributed by atoms with Crippen molar-refractivity contribution < 1.29 is 9.13 Å². The molecule has 1 unspecified atom stereocenters. The quantitative estimate of drug-likeness (QED) is 0.345. The Bertz CT molecular complexity index is 718. The normalized spacial score (nSPS) is 16.4. The Morgan fingerprint density at radius 3 is 2.57 bits per heavy atom. The van der Waals surface area contributed by atoms with Crippen LogP contribution in [0.3, 0.4) is 0 Å². The number of hydrogen-bond donors (Lipinski definition) is 2. The molecular formula is C20H28FIN4OS. The molecule has 0 amide bonds. The summed E-state index contributed by atoms with van der Waals surface area (Å²) >= 11 is 1.79. The molecule has 3 rings (SSSR count). The highest BCUT2D eigenvalue weighted by Gasteiger charge is 2.21. The summed E-state index contributed by atoms with van der Waals surface area (Å²) in [5.41, 5.74) is 0.936. The van der Waals surface area contributed by atoms with E-state index < -0.39 is 0 Å². The minimum absolute atomic E-state index is 0. The third kappa shape index (κ3) is 6.31. The number of nitrogens with zero attached hydrogens (tertiary/aromatic N) is 2. The molecule has 0 spiro atoms. The van der Waals surface area contributed by atoms with Crippen LogP contribution < -0.4 is 15.5 Å². The van der Waals surface area contributed by atoms with Crippen molar-refractivity contribution in [1.29, 1.82) is 0 Å². The first-order valence-electron chi connectivity index (χ1n) is 9.23. The minimum atomic E-state index is -0.243. The van der Waals surface area contributed by atoms with Crippen molar-refractivity contribution in [3.8, 4) is 0 Å². The second kappa shape index (κ2) is 11.6. The summed E-state index contributed by atoms with van der Waals surface area (Å²) in [5.74, 6) is 0.529. The van der Waals surface area contributed by atoms with Crippen LogP contribution in [0.2, 0.25) is 0 Å². The van der Waals surface area contributed by atoms with Crippen molar-refractivity contribution in [2.75, 3.05) is 38.7 Å². The van der Waals surface area contributed by atoms with Crippen molar-refractivity contribution in [3.05, 3.63) is 53.2 Å². The first-order valence-corrected chi connectivity index (χ1v) is 10.1. The number of hydrogen-bond acceptors (Lipinski definition) is 4. The van der Waals surface area contributed by atoms with E-state index in [1.165, 1.54) is 17.1 Å². The van der Waals surface area contributed by atoms with Gasteiger partial charge >= 0.3 is 0 Å². The molecule has 28 heavy (non-hydrogen) atoms. The van der Waals surface area contributed by atoms with Crippen molar-refractivity contribution in [2.45, 2.75) is 25.0 Å². The van der Waals surface area contributed by atoms with Gasteiger partial charge in [0.05, 0.1) is 11.1 Å². The number of rotatable bonds is 6. The monoisotopic (exact) mass is 518 g/mol. The fourth-order valence-electron chi connectivity index (χ4n) is 3.29. The van der Waals surface area contributed by atoms with Gasteiger partial charge in [0.25, 0.3) is 0 Å².